The quantitative estimate of drug-likeness (QED) is 0.928. The first-order chi connectivity index (χ1) is 10.3. The van der Waals surface area contributed by atoms with Crippen LogP contribution in [0.3, 0.4) is 0 Å². The van der Waals surface area contributed by atoms with Gasteiger partial charge in [-0.15, -0.1) is 0 Å². The minimum Gasteiger partial charge on any atom is -0.338 e. The van der Waals surface area contributed by atoms with Crippen LogP contribution >= 0.6 is 0 Å². The summed E-state index contributed by atoms with van der Waals surface area (Å²) in [6.07, 6.45) is 0. The maximum absolute atomic E-state index is 12.9. The Morgan fingerprint density at radius 2 is 1.90 bits per heavy atom. The van der Waals surface area contributed by atoms with Crippen molar-refractivity contribution in [2.75, 3.05) is 26.2 Å². The number of benzene rings is 1. The lowest BCUT2D eigenvalue weighted by Crippen LogP contribution is -2.25. The van der Waals surface area contributed by atoms with Crippen LogP contribution in [0, 0.1) is 17.7 Å². The summed E-state index contributed by atoms with van der Waals surface area (Å²) in [6.45, 7) is 5.11. The van der Waals surface area contributed by atoms with E-state index in [0.29, 0.717) is 18.3 Å². The van der Waals surface area contributed by atoms with Crippen LogP contribution in [0.5, 0.6) is 0 Å². The first-order valence-corrected chi connectivity index (χ1v) is 7.29. The van der Waals surface area contributed by atoms with Gasteiger partial charge in [-0.05, 0) is 49.2 Å². The van der Waals surface area contributed by atoms with Gasteiger partial charge >= 0.3 is 0 Å². The van der Waals surface area contributed by atoms with E-state index < -0.39 is 0 Å². The molecular formula is C15H17FN4O. The first-order valence-electron chi connectivity index (χ1n) is 7.29. The van der Waals surface area contributed by atoms with Gasteiger partial charge in [0, 0.05) is 18.7 Å². The topological polar surface area (TPSA) is 54.2 Å². The minimum absolute atomic E-state index is 0.264. The Kier molecular flexibility index (Phi) is 3.20. The van der Waals surface area contributed by atoms with Crippen molar-refractivity contribution in [2.24, 2.45) is 11.8 Å². The van der Waals surface area contributed by atoms with Crippen LogP contribution in [0.4, 0.5) is 4.39 Å². The van der Waals surface area contributed by atoms with E-state index >= 15 is 0 Å². The van der Waals surface area contributed by atoms with Gasteiger partial charge in [0.25, 0.3) is 0 Å². The highest BCUT2D eigenvalue weighted by Crippen LogP contribution is 2.27. The number of fused-ring (bicyclic) bond motifs is 1. The highest BCUT2D eigenvalue weighted by molar-refractivity contribution is 5.53. The van der Waals surface area contributed by atoms with Gasteiger partial charge in [-0.1, -0.05) is 5.16 Å². The third kappa shape index (κ3) is 2.56. The molecule has 2 fully saturated rings. The fraction of sp³-hybridized carbons (Fsp3) is 0.467. The zero-order valence-corrected chi connectivity index (χ0v) is 11.6. The smallest absolute Gasteiger partial charge is 0.241 e. The van der Waals surface area contributed by atoms with E-state index in [1.54, 1.807) is 12.1 Å². The summed E-state index contributed by atoms with van der Waals surface area (Å²) < 4.78 is 18.2. The van der Waals surface area contributed by atoms with Crippen LogP contribution in [0.2, 0.25) is 0 Å². The summed E-state index contributed by atoms with van der Waals surface area (Å²) in [6, 6.07) is 6.13. The van der Waals surface area contributed by atoms with E-state index in [2.05, 4.69) is 20.4 Å². The number of likely N-dealkylation sites (tertiary alicyclic amines) is 1. The van der Waals surface area contributed by atoms with Gasteiger partial charge in [-0.2, -0.15) is 4.98 Å². The van der Waals surface area contributed by atoms with Crippen molar-refractivity contribution in [1.29, 1.82) is 0 Å². The average Bonchev–Trinajstić information content (AvgIpc) is 3.16. The van der Waals surface area contributed by atoms with E-state index in [-0.39, 0.29) is 5.82 Å². The van der Waals surface area contributed by atoms with Gasteiger partial charge in [0.2, 0.25) is 11.7 Å². The molecule has 2 aliphatic heterocycles. The molecule has 110 valence electrons. The first kappa shape index (κ1) is 12.9. The summed E-state index contributed by atoms with van der Waals surface area (Å²) in [5, 5.41) is 7.41. The van der Waals surface area contributed by atoms with Crippen LogP contribution in [0.25, 0.3) is 11.4 Å². The fourth-order valence-corrected chi connectivity index (χ4v) is 3.31. The predicted octanol–water partition coefficient (Wildman–Crippen LogP) is 1.53. The second-order valence-electron chi connectivity index (χ2n) is 5.89. The summed E-state index contributed by atoms with van der Waals surface area (Å²) in [7, 11) is 0. The molecule has 2 unspecified atom stereocenters. The molecule has 2 aliphatic rings. The summed E-state index contributed by atoms with van der Waals surface area (Å²) in [5.41, 5.74) is 0.772. The van der Waals surface area contributed by atoms with Gasteiger partial charge in [0.15, 0.2) is 0 Å². The van der Waals surface area contributed by atoms with Gasteiger partial charge in [-0.3, -0.25) is 4.90 Å². The molecule has 0 amide bonds. The molecule has 6 heteroatoms. The maximum atomic E-state index is 12.9. The molecule has 5 nitrogen and oxygen atoms in total. The molecule has 1 aromatic heterocycles. The van der Waals surface area contributed by atoms with E-state index in [1.165, 1.54) is 12.1 Å². The Morgan fingerprint density at radius 3 is 2.62 bits per heavy atom. The Labute approximate surface area is 122 Å². The monoisotopic (exact) mass is 288 g/mol. The van der Waals surface area contributed by atoms with Crippen molar-refractivity contribution in [3.05, 3.63) is 36.0 Å². The molecule has 1 aromatic carbocycles. The number of rotatable bonds is 3. The van der Waals surface area contributed by atoms with Gasteiger partial charge < -0.3 is 9.84 Å². The number of nitrogens with one attached hydrogen (secondary N) is 1. The molecule has 1 N–H and O–H groups in total. The zero-order chi connectivity index (χ0) is 14.2. The highest BCUT2D eigenvalue weighted by atomic mass is 19.1. The van der Waals surface area contributed by atoms with Crippen molar-refractivity contribution in [1.82, 2.24) is 20.4 Å². The molecule has 2 aromatic rings. The molecule has 2 atom stereocenters. The van der Waals surface area contributed by atoms with Crippen molar-refractivity contribution >= 4 is 0 Å². The van der Waals surface area contributed by atoms with Crippen LogP contribution in [-0.4, -0.2) is 41.2 Å². The zero-order valence-electron chi connectivity index (χ0n) is 11.6. The number of nitrogens with zero attached hydrogens (tertiary/aromatic N) is 3. The van der Waals surface area contributed by atoms with E-state index in [4.69, 9.17) is 4.52 Å². The third-order valence-electron chi connectivity index (χ3n) is 4.39. The molecule has 4 rings (SSSR count). The normalized spacial score (nSPS) is 25.4. The van der Waals surface area contributed by atoms with Gasteiger partial charge in [-0.25, -0.2) is 4.39 Å². The molecule has 0 radical (unpaired) electrons. The number of hydrogen-bond acceptors (Lipinski definition) is 5. The van der Waals surface area contributed by atoms with E-state index in [1.807, 2.05) is 0 Å². The predicted molar refractivity (Wildman–Crippen MR) is 74.8 cm³/mol. The van der Waals surface area contributed by atoms with Crippen molar-refractivity contribution in [3.63, 3.8) is 0 Å². The van der Waals surface area contributed by atoms with Crippen LogP contribution in [0.1, 0.15) is 5.89 Å². The second kappa shape index (κ2) is 5.20. The number of halogens is 1. The highest BCUT2D eigenvalue weighted by Gasteiger charge is 2.36. The lowest BCUT2D eigenvalue weighted by molar-refractivity contribution is 0.253. The molecule has 0 bridgehead atoms. The molecule has 21 heavy (non-hydrogen) atoms. The maximum Gasteiger partial charge on any atom is 0.241 e. The second-order valence-corrected chi connectivity index (χ2v) is 5.89. The molecule has 3 heterocycles. The average molecular weight is 288 g/mol. The van der Waals surface area contributed by atoms with E-state index in [0.717, 1.165) is 43.6 Å². The number of hydrogen-bond donors (Lipinski definition) is 1. The Bertz CT molecular complexity index is 615. The van der Waals surface area contributed by atoms with Crippen LogP contribution in [0.15, 0.2) is 28.8 Å². The van der Waals surface area contributed by atoms with Crippen LogP contribution < -0.4 is 5.32 Å². The Balaban J connectivity index is 1.44. The van der Waals surface area contributed by atoms with Crippen molar-refractivity contribution in [3.8, 4) is 11.4 Å². The molecular weight excluding hydrogens is 271 g/mol. The molecule has 2 saturated heterocycles. The standard InChI is InChI=1S/C15H17FN4O/c16-13-3-1-10(2-4-13)15-18-14(21-19-15)9-20-7-11-5-17-6-12(11)8-20/h1-4,11-12,17H,5-9H2. The molecule has 0 spiro atoms. The lowest BCUT2D eigenvalue weighted by Gasteiger charge is -2.13. The minimum atomic E-state index is -0.264. The SMILES string of the molecule is Fc1ccc(-c2noc(CN3CC4CNCC4C3)n2)cc1. The largest absolute Gasteiger partial charge is 0.338 e. The number of aromatic nitrogens is 2. The van der Waals surface area contributed by atoms with Crippen molar-refractivity contribution in [2.45, 2.75) is 6.54 Å². The molecule has 0 aliphatic carbocycles. The lowest BCUT2D eigenvalue weighted by atomic mass is 10.0. The van der Waals surface area contributed by atoms with E-state index in [9.17, 15) is 4.39 Å². The summed E-state index contributed by atoms with van der Waals surface area (Å²) >= 11 is 0. The molecule has 0 saturated carbocycles. The summed E-state index contributed by atoms with van der Waals surface area (Å²) in [4.78, 5) is 6.78. The van der Waals surface area contributed by atoms with Crippen LogP contribution in [-0.2, 0) is 6.54 Å². The Hall–Kier alpha value is -1.79. The van der Waals surface area contributed by atoms with Gasteiger partial charge in [0.05, 0.1) is 6.54 Å². The van der Waals surface area contributed by atoms with Gasteiger partial charge in [0.1, 0.15) is 5.82 Å². The summed E-state index contributed by atoms with van der Waals surface area (Å²) in [5.74, 6) is 2.39. The van der Waals surface area contributed by atoms with Crippen molar-refractivity contribution < 1.29 is 8.91 Å². The third-order valence-corrected chi connectivity index (χ3v) is 4.39. The Morgan fingerprint density at radius 1 is 1.19 bits per heavy atom. The fourth-order valence-electron chi connectivity index (χ4n) is 3.31.